The first-order valence-corrected chi connectivity index (χ1v) is 8.82. The van der Waals surface area contributed by atoms with Crippen LogP contribution in [-0.4, -0.2) is 25.5 Å². The maximum Gasteiger partial charge on any atom is 0.435 e. The van der Waals surface area contributed by atoms with Crippen LogP contribution in [0.25, 0.3) is 0 Å². The summed E-state index contributed by atoms with van der Waals surface area (Å²) in [6.45, 7) is -0.151. The molecule has 1 aromatic carbocycles. The Labute approximate surface area is 171 Å². The summed E-state index contributed by atoms with van der Waals surface area (Å²) >= 11 is 18.0. The molecule has 0 aliphatic heterocycles. The van der Waals surface area contributed by atoms with Gasteiger partial charge in [0.15, 0.2) is 11.5 Å². The summed E-state index contributed by atoms with van der Waals surface area (Å²) in [5.74, 6) is -0.562. The van der Waals surface area contributed by atoms with Gasteiger partial charge in [-0.15, -0.1) is 0 Å². The lowest BCUT2D eigenvalue weighted by molar-refractivity contribution is -0.141. The highest BCUT2D eigenvalue weighted by molar-refractivity contribution is 6.35. The minimum atomic E-state index is -4.58. The number of carbonyl (C=O) groups excluding carboxylic acids is 1. The minimum absolute atomic E-state index is 0.0694. The fraction of sp³-hybridized carbons (Fsp3) is 0.188. The third-order valence-corrected chi connectivity index (χ3v) is 4.42. The van der Waals surface area contributed by atoms with Crippen LogP contribution in [0.3, 0.4) is 0 Å². The van der Waals surface area contributed by atoms with Crippen LogP contribution in [-0.2, 0) is 24.1 Å². The largest absolute Gasteiger partial charge is 0.435 e. The van der Waals surface area contributed by atoms with E-state index < -0.39 is 24.3 Å². The molecule has 0 bridgehead atoms. The highest BCUT2D eigenvalue weighted by atomic mass is 35.5. The Morgan fingerprint density at radius 3 is 2.46 bits per heavy atom. The molecule has 0 saturated heterocycles. The molecule has 0 aliphatic carbocycles. The molecule has 28 heavy (non-hydrogen) atoms. The first kappa shape index (κ1) is 20.5. The fourth-order valence-electron chi connectivity index (χ4n) is 2.31. The first-order chi connectivity index (χ1) is 13.1. The average Bonchev–Trinajstić information content (AvgIpc) is 3.17. The van der Waals surface area contributed by atoms with Crippen molar-refractivity contribution in [1.29, 1.82) is 0 Å². The fourth-order valence-corrected chi connectivity index (χ4v) is 2.97. The van der Waals surface area contributed by atoms with E-state index >= 15 is 0 Å². The van der Waals surface area contributed by atoms with Crippen LogP contribution < -0.4 is 5.32 Å². The zero-order valence-electron chi connectivity index (χ0n) is 13.8. The zero-order valence-corrected chi connectivity index (χ0v) is 16.1. The van der Waals surface area contributed by atoms with Crippen molar-refractivity contribution in [1.82, 2.24) is 19.6 Å². The predicted molar refractivity (Wildman–Crippen MR) is 98.7 cm³/mol. The average molecular weight is 453 g/mol. The van der Waals surface area contributed by atoms with Crippen LogP contribution in [0.4, 0.5) is 19.0 Å². The van der Waals surface area contributed by atoms with Gasteiger partial charge in [0, 0.05) is 22.4 Å². The number of nitrogens with zero attached hydrogens (tertiary/aromatic N) is 4. The van der Waals surface area contributed by atoms with Crippen molar-refractivity contribution in [3.8, 4) is 0 Å². The molecule has 1 N–H and O–H groups in total. The van der Waals surface area contributed by atoms with Crippen LogP contribution in [0.2, 0.25) is 15.1 Å². The highest BCUT2D eigenvalue weighted by Crippen LogP contribution is 2.27. The zero-order chi connectivity index (χ0) is 20.5. The van der Waals surface area contributed by atoms with E-state index in [1.165, 1.54) is 10.9 Å². The number of alkyl halides is 3. The molecule has 6 nitrogen and oxygen atoms in total. The van der Waals surface area contributed by atoms with Crippen molar-refractivity contribution >= 4 is 46.5 Å². The van der Waals surface area contributed by atoms with Gasteiger partial charge in [-0.2, -0.15) is 23.4 Å². The summed E-state index contributed by atoms with van der Waals surface area (Å²) in [6.07, 6.45) is -2.03. The summed E-state index contributed by atoms with van der Waals surface area (Å²) in [6, 6.07) is 5.78. The van der Waals surface area contributed by atoms with Crippen LogP contribution in [0.15, 0.2) is 36.7 Å². The molecule has 0 unspecified atom stereocenters. The smallest absolute Gasteiger partial charge is 0.306 e. The second-order valence-electron chi connectivity index (χ2n) is 5.70. The number of nitrogens with one attached hydrogen (secondary N) is 1. The molecule has 148 valence electrons. The molecule has 1 amide bonds. The Morgan fingerprint density at radius 1 is 1.07 bits per heavy atom. The number of rotatable bonds is 5. The van der Waals surface area contributed by atoms with E-state index in [1.54, 1.807) is 18.2 Å². The lowest BCUT2D eigenvalue weighted by Crippen LogP contribution is -2.20. The van der Waals surface area contributed by atoms with Crippen LogP contribution in [0.5, 0.6) is 0 Å². The summed E-state index contributed by atoms with van der Waals surface area (Å²) in [5.41, 5.74) is -0.346. The molecule has 0 aliphatic rings. The van der Waals surface area contributed by atoms with Crippen molar-refractivity contribution < 1.29 is 18.0 Å². The van der Waals surface area contributed by atoms with E-state index in [4.69, 9.17) is 34.8 Å². The number of carbonyl (C=O) groups is 1. The van der Waals surface area contributed by atoms with Crippen LogP contribution in [0.1, 0.15) is 11.3 Å². The van der Waals surface area contributed by atoms with Crippen LogP contribution in [0, 0.1) is 0 Å². The van der Waals surface area contributed by atoms with Crippen molar-refractivity contribution in [2.45, 2.75) is 19.3 Å². The lowest BCUT2D eigenvalue weighted by Gasteiger charge is -2.05. The van der Waals surface area contributed by atoms with Crippen molar-refractivity contribution in [2.24, 2.45) is 0 Å². The molecular formula is C16H11Cl3F3N5O. The molecule has 0 fully saturated rings. The van der Waals surface area contributed by atoms with Crippen molar-refractivity contribution in [2.75, 3.05) is 5.32 Å². The number of amides is 1. The van der Waals surface area contributed by atoms with Gasteiger partial charge in [-0.3, -0.25) is 14.2 Å². The van der Waals surface area contributed by atoms with E-state index in [9.17, 15) is 18.0 Å². The van der Waals surface area contributed by atoms with Gasteiger partial charge in [0.2, 0.25) is 5.91 Å². The van der Waals surface area contributed by atoms with Crippen molar-refractivity contribution in [3.63, 3.8) is 0 Å². The van der Waals surface area contributed by atoms with E-state index in [-0.39, 0.29) is 17.4 Å². The lowest BCUT2D eigenvalue weighted by atomic mass is 10.2. The van der Waals surface area contributed by atoms with Gasteiger partial charge in [0.05, 0.1) is 6.54 Å². The molecule has 0 atom stereocenters. The number of hydrogen-bond acceptors (Lipinski definition) is 3. The Kier molecular flexibility index (Phi) is 5.87. The second kappa shape index (κ2) is 8.02. The monoisotopic (exact) mass is 451 g/mol. The molecular weight excluding hydrogens is 442 g/mol. The van der Waals surface area contributed by atoms with Gasteiger partial charge in [-0.25, -0.2) is 0 Å². The van der Waals surface area contributed by atoms with E-state index in [0.29, 0.717) is 10.0 Å². The Balaban J connectivity index is 1.66. The molecule has 2 aromatic heterocycles. The molecule has 3 aromatic rings. The van der Waals surface area contributed by atoms with Gasteiger partial charge in [-0.05, 0) is 23.8 Å². The van der Waals surface area contributed by atoms with E-state index in [1.807, 2.05) is 0 Å². The van der Waals surface area contributed by atoms with Gasteiger partial charge >= 0.3 is 6.18 Å². The molecule has 0 saturated carbocycles. The summed E-state index contributed by atoms with van der Waals surface area (Å²) in [7, 11) is 0. The highest BCUT2D eigenvalue weighted by Gasteiger charge is 2.33. The number of aromatic nitrogens is 4. The van der Waals surface area contributed by atoms with Crippen molar-refractivity contribution in [3.05, 3.63) is 63.0 Å². The molecule has 2 heterocycles. The van der Waals surface area contributed by atoms with E-state index in [2.05, 4.69) is 15.5 Å². The molecule has 12 heteroatoms. The van der Waals surface area contributed by atoms with Crippen LogP contribution >= 0.6 is 34.8 Å². The third kappa shape index (κ3) is 4.98. The number of benzene rings is 1. The summed E-state index contributed by atoms with van der Waals surface area (Å²) < 4.78 is 40.0. The normalized spacial score (nSPS) is 11.6. The SMILES string of the molecule is O=C(Cn1ccc(C(F)(F)F)n1)Nc1nn(Cc2ccc(Cl)cc2Cl)cc1Cl. The number of hydrogen-bond donors (Lipinski definition) is 1. The van der Waals surface area contributed by atoms with E-state index in [0.717, 1.165) is 22.5 Å². The topological polar surface area (TPSA) is 64.7 Å². The summed E-state index contributed by atoms with van der Waals surface area (Å²) in [4.78, 5) is 12.1. The molecule has 3 rings (SSSR count). The minimum Gasteiger partial charge on any atom is -0.306 e. The standard InChI is InChI=1S/C16H11Cl3F3N5O/c17-10-2-1-9(11(18)5-10)6-27-7-12(19)15(25-27)23-14(28)8-26-4-3-13(24-26)16(20,21)22/h1-5,7H,6,8H2,(H,23,25,28). The third-order valence-electron chi connectivity index (χ3n) is 3.56. The Bertz CT molecular complexity index is 1020. The first-order valence-electron chi connectivity index (χ1n) is 7.69. The van der Waals surface area contributed by atoms with Gasteiger partial charge in [0.25, 0.3) is 0 Å². The Morgan fingerprint density at radius 2 is 1.82 bits per heavy atom. The Hall–Kier alpha value is -2.23. The quantitative estimate of drug-likeness (QED) is 0.608. The maximum atomic E-state index is 12.5. The second-order valence-corrected chi connectivity index (χ2v) is 6.95. The number of anilines is 1. The number of halogens is 6. The molecule has 0 spiro atoms. The van der Waals surface area contributed by atoms with Gasteiger partial charge in [-0.1, -0.05) is 40.9 Å². The van der Waals surface area contributed by atoms with Gasteiger partial charge in [0.1, 0.15) is 11.6 Å². The van der Waals surface area contributed by atoms with Gasteiger partial charge < -0.3 is 5.32 Å². The molecule has 0 radical (unpaired) electrons. The summed E-state index contributed by atoms with van der Waals surface area (Å²) in [5, 5.41) is 11.0. The maximum absolute atomic E-state index is 12.5. The predicted octanol–water partition coefficient (Wildman–Crippen LogP) is 4.75.